The molecule has 0 heterocycles. The molecule has 2 aromatic rings. The van der Waals surface area contributed by atoms with Crippen molar-refractivity contribution in [2.75, 3.05) is 32.6 Å². The highest BCUT2D eigenvalue weighted by Gasteiger charge is 2.08. The molecule has 0 aliphatic rings. The van der Waals surface area contributed by atoms with Crippen LogP contribution in [0, 0.1) is 0 Å². The van der Waals surface area contributed by atoms with Gasteiger partial charge in [-0.3, -0.25) is 9.59 Å². The summed E-state index contributed by atoms with van der Waals surface area (Å²) in [6.07, 6.45) is 4.11. The number of ether oxygens (including phenoxy) is 2. The van der Waals surface area contributed by atoms with Gasteiger partial charge in [-0.2, -0.15) is 0 Å². The average Bonchev–Trinajstić information content (AvgIpc) is 2.73. The van der Waals surface area contributed by atoms with E-state index in [4.69, 9.17) is 9.47 Å². The predicted molar refractivity (Wildman–Crippen MR) is 122 cm³/mol. The van der Waals surface area contributed by atoms with E-state index >= 15 is 0 Å². The Morgan fingerprint density at radius 1 is 1.03 bits per heavy atom. The highest BCUT2D eigenvalue weighted by atomic mass is 32.2. The van der Waals surface area contributed by atoms with E-state index < -0.39 is 0 Å². The normalized spacial score (nSPS) is 10.7. The first kappa shape index (κ1) is 23.3. The topological polar surface area (TPSA) is 67.9 Å². The molecule has 0 unspecified atom stereocenters. The van der Waals surface area contributed by atoms with Crippen molar-refractivity contribution < 1.29 is 19.1 Å². The SMILES string of the molecule is CCCOc1ccc(/C=C/C(=O)Nc2ccc(SC(=O)N(C)C)cc2)cc1OCC. The van der Waals surface area contributed by atoms with E-state index in [-0.39, 0.29) is 11.1 Å². The van der Waals surface area contributed by atoms with Gasteiger partial charge in [-0.25, -0.2) is 0 Å². The Bertz CT molecular complexity index is 879. The Morgan fingerprint density at radius 2 is 1.77 bits per heavy atom. The summed E-state index contributed by atoms with van der Waals surface area (Å²) in [5.41, 5.74) is 1.50. The second kappa shape index (κ2) is 11.9. The summed E-state index contributed by atoms with van der Waals surface area (Å²) in [4.78, 5) is 26.3. The summed E-state index contributed by atoms with van der Waals surface area (Å²) in [5.74, 6) is 1.11. The molecule has 2 rings (SSSR count). The fraction of sp³-hybridized carbons (Fsp3) is 0.304. The van der Waals surface area contributed by atoms with Crippen LogP contribution >= 0.6 is 11.8 Å². The number of carbonyl (C=O) groups excluding carboxylic acids is 2. The van der Waals surface area contributed by atoms with E-state index in [9.17, 15) is 9.59 Å². The monoisotopic (exact) mass is 428 g/mol. The van der Waals surface area contributed by atoms with Crippen molar-refractivity contribution >= 4 is 34.7 Å². The quantitative estimate of drug-likeness (QED) is 0.434. The van der Waals surface area contributed by atoms with Crippen molar-refractivity contribution in [3.63, 3.8) is 0 Å². The van der Waals surface area contributed by atoms with Crippen molar-refractivity contribution in [2.45, 2.75) is 25.2 Å². The summed E-state index contributed by atoms with van der Waals surface area (Å²) in [7, 11) is 3.42. The van der Waals surface area contributed by atoms with Gasteiger partial charge in [0.15, 0.2) is 11.5 Å². The van der Waals surface area contributed by atoms with Gasteiger partial charge in [0, 0.05) is 30.8 Å². The van der Waals surface area contributed by atoms with Crippen LogP contribution in [0.3, 0.4) is 0 Å². The molecule has 7 heteroatoms. The molecular formula is C23H28N2O4S. The van der Waals surface area contributed by atoms with Crippen LogP contribution in [0.4, 0.5) is 10.5 Å². The summed E-state index contributed by atoms with van der Waals surface area (Å²) in [5, 5.41) is 2.76. The first-order valence-electron chi connectivity index (χ1n) is 9.80. The predicted octanol–water partition coefficient (Wildman–Crippen LogP) is 5.30. The van der Waals surface area contributed by atoms with Crippen molar-refractivity contribution in [1.29, 1.82) is 0 Å². The zero-order chi connectivity index (χ0) is 21.9. The summed E-state index contributed by atoms with van der Waals surface area (Å²) < 4.78 is 11.3. The maximum absolute atomic E-state index is 12.2. The van der Waals surface area contributed by atoms with Crippen LogP contribution in [-0.2, 0) is 4.79 Å². The second-order valence-electron chi connectivity index (χ2n) is 6.60. The van der Waals surface area contributed by atoms with Gasteiger partial charge in [0.05, 0.1) is 13.2 Å². The lowest BCUT2D eigenvalue weighted by Gasteiger charge is -2.12. The molecule has 1 N–H and O–H groups in total. The molecule has 6 nitrogen and oxygen atoms in total. The summed E-state index contributed by atoms with van der Waals surface area (Å²) in [6, 6.07) is 12.7. The molecular weight excluding hydrogens is 400 g/mol. The average molecular weight is 429 g/mol. The zero-order valence-corrected chi connectivity index (χ0v) is 18.6. The molecule has 0 bridgehead atoms. The minimum Gasteiger partial charge on any atom is -0.490 e. The van der Waals surface area contributed by atoms with Crippen LogP contribution < -0.4 is 14.8 Å². The van der Waals surface area contributed by atoms with Gasteiger partial charge in [-0.1, -0.05) is 13.0 Å². The van der Waals surface area contributed by atoms with Gasteiger partial charge >= 0.3 is 0 Å². The highest BCUT2D eigenvalue weighted by Crippen LogP contribution is 2.29. The van der Waals surface area contributed by atoms with Crippen LogP contribution in [0.15, 0.2) is 53.4 Å². The first-order valence-corrected chi connectivity index (χ1v) is 10.6. The van der Waals surface area contributed by atoms with Crippen molar-refractivity contribution in [3.05, 3.63) is 54.1 Å². The number of rotatable bonds is 9. The molecule has 160 valence electrons. The molecule has 0 spiro atoms. The third kappa shape index (κ3) is 7.48. The Labute approximate surface area is 182 Å². The number of hydrogen-bond acceptors (Lipinski definition) is 5. The molecule has 30 heavy (non-hydrogen) atoms. The Balaban J connectivity index is 1.98. The second-order valence-corrected chi connectivity index (χ2v) is 7.62. The molecule has 0 saturated carbocycles. The van der Waals surface area contributed by atoms with E-state index in [2.05, 4.69) is 5.32 Å². The maximum Gasteiger partial charge on any atom is 0.285 e. The third-order valence-electron chi connectivity index (χ3n) is 3.85. The first-order chi connectivity index (χ1) is 14.4. The van der Waals surface area contributed by atoms with Gasteiger partial charge in [0.25, 0.3) is 5.24 Å². The molecule has 0 atom stereocenters. The zero-order valence-electron chi connectivity index (χ0n) is 17.8. The Hall–Kier alpha value is -2.93. The number of anilines is 1. The van der Waals surface area contributed by atoms with Crippen molar-refractivity contribution in [1.82, 2.24) is 4.90 Å². The molecule has 0 radical (unpaired) electrons. The van der Waals surface area contributed by atoms with Gasteiger partial charge in [0.2, 0.25) is 5.91 Å². The standard InChI is InChI=1S/C23H28N2O4S/c1-5-15-29-20-13-7-17(16-21(20)28-6-2)8-14-22(26)24-18-9-11-19(12-10-18)30-23(27)25(3)4/h7-14,16H,5-6,15H2,1-4H3,(H,24,26)/b14-8+. The number of thioether (sulfide) groups is 1. The number of nitrogens with one attached hydrogen (secondary N) is 1. The van der Waals surface area contributed by atoms with E-state index in [1.165, 1.54) is 11.0 Å². The molecule has 0 saturated heterocycles. The van der Waals surface area contributed by atoms with Gasteiger partial charge in [0.1, 0.15) is 0 Å². The minimum absolute atomic E-state index is 0.0488. The Kier molecular flexibility index (Phi) is 9.28. The number of nitrogens with zero attached hydrogens (tertiary/aromatic N) is 1. The van der Waals surface area contributed by atoms with Crippen LogP contribution in [0.2, 0.25) is 0 Å². The smallest absolute Gasteiger partial charge is 0.285 e. The largest absolute Gasteiger partial charge is 0.490 e. The summed E-state index contributed by atoms with van der Waals surface area (Å²) >= 11 is 1.14. The van der Waals surface area contributed by atoms with Crippen LogP contribution in [0.25, 0.3) is 6.08 Å². The van der Waals surface area contributed by atoms with Crippen molar-refractivity contribution in [3.8, 4) is 11.5 Å². The lowest BCUT2D eigenvalue weighted by atomic mass is 10.2. The molecule has 2 amide bonds. The fourth-order valence-corrected chi connectivity index (χ4v) is 3.04. The summed E-state index contributed by atoms with van der Waals surface area (Å²) in [6.45, 7) is 5.12. The molecule has 0 aliphatic heterocycles. The van der Waals surface area contributed by atoms with E-state index in [1.807, 2.05) is 32.0 Å². The van der Waals surface area contributed by atoms with Crippen molar-refractivity contribution in [2.24, 2.45) is 0 Å². The third-order valence-corrected chi connectivity index (χ3v) is 4.90. The molecule has 0 aromatic heterocycles. The van der Waals surface area contributed by atoms with E-state index in [0.29, 0.717) is 30.4 Å². The number of benzene rings is 2. The van der Waals surface area contributed by atoms with E-state index in [1.54, 1.807) is 44.4 Å². The molecule has 0 fully saturated rings. The van der Waals surface area contributed by atoms with Crippen LogP contribution in [-0.4, -0.2) is 43.4 Å². The number of carbonyl (C=O) groups is 2. The van der Waals surface area contributed by atoms with Gasteiger partial charge in [-0.15, -0.1) is 0 Å². The minimum atomic E-state index is -0.246. The highest BCUT2D eigenvalue weighted by molar-refractivity contribution is 8.13. The molecule has 0 aliphatic carbocycles. The number of hydrogen-bond donors (Lipinski definition) is 1. The number of amides is 2. The lowest BCUT2D eigenvalue weighted by molar-refractivity contribution is -0.111. The molecule has 2 aromatic carbocycles. The Morgan fingerprint density at radius 3 is 2.40 bits per heavy atom. The van der Waals surface area contributed by atoms with Crippen LogP contribution in [0.1, 0.15) is 25.8 Å². The van der Waals surface area contributed by atoms with Gasteiger partial charge < -0.3 is 19.7 Å². The van der Waals surface area contributed by atoms with Gasteiger partial charge in [-0.05, 0) is 73.1 Å². The maximum atomic E-state index is 12.2. The van der Waals surface area contributed by atoms with E-state index in [0.717, 1.165) is 28.6 Å². The van der Waals surface area contributed by atoms with Crippen LogP contribution in [0.5, 0.6) is 11.5 Å². The lowest BCUT2D eigenvalue weighted by Crippen LogP contribution is -2.16. The fourth-order valence-electron chi connectivity index (χ4n) is 2.38.